The van der Waals surface area contributed by atoms with Crippen LogP contribution in [0.3, 0.4) is 0 Å². The first kappa shape index (κ1) is 13.3. The third-order valence-electron chi connectivity index (χ3n) is 4.11. The first-order valence-corrected chi connectivity index (χ1v) is 6.75. The van der Waals surface area contributed by atoms with Crippen molar-refractivity contribution in [3.05, 3.63) is 35.4 Å². The van der Waals surface area contributed by atoms with Crippen molar-refractivity contribution in [3.63, 3.8) is 0 Å². The molecule has 1 fully saturated rings. The summed E-state index contributed by atoms with van der Waals surface area (Å²) in [6.07, 6.45) is 2.90. The molecular formula is C16H22O2. The number of ether oxygens (including phenoxy) is 1. The Hall–Kier alpha value is -1.15. The summed E-state index contributed by atoms with van der Waals surface area (Å²) in [7, 11) is 1.76. The quantitative estimate of drug-likeness (QED) is 0.811. The Balaban J connectivity index is 2.24. The van der Waals surface area contributed by atoms with Crippen LogP contribution >= 0.6 is 0 Å². The average Bonchev–Trinajstić information content (AvgIpc) is 2.40. The van der Waals surface area contributed by atoms with Crippen LogP contribution in [-0.2, 0) is 15.1 Å². The molecule has 2 nitrogen and oxygen atoms in total. The Labute approximate surface area is 109 Å². The second-order valence-electron chi connectivity index (χ2n) is 5.51. The van der Waals surface area contributed by atoms with Crippen molar-refractivity contribution in [1.82, 2.24) is 0 Å². The summed E-state index contributed by atoms with van der Waals surface area (Å²) in [5, 5.41) is 0. The molecule has 0 amide bonds. The summed E-state index contributed by atoms with van der Waals surface area (Å²) < 4.78 is 5.76. The molecule has 98 valence electrons. The average molecular weight is 246 g/mol. The minimum Gasteiger partial charge on any atom is -0.374 e. The van der Waals surface area contributed by atoms with E-state index in [0.29, 0.717) is 24.5 Å². The molecule has 2 rings (SSSR count). The van der Waals surface area contributed by atoms with Crippen LogP contribution in [0.15, 0.2) is 24.3 Å². The molecule has 1 aliphatic carbocycles. The lowest BCUT2D eigenvalue weighted by molar-refractivity contribution is -0.127. The Morgan fingerprint density at radius 3 is 2.11 bits per heavy atom. The molecule has 0 unspecified atom stereocenters. The molecule has 0 atom stereocenters. The molecule has 1 aromatic carbocycles. The second kappa shape index (κ2) is 5.23. The number of rotatable bonds is 3. The highest BCUT2D eigenvalue weighted by molar-refractivity contribution is 5.79. The number of carbonyl (C=O) groups is 1. The number of hydrogen-bond acceptors (Lipinski definition) is 2. The molecule has 0 spiro atoms. The first-order valence-electron chi connectivity index (χ1n) is 6.75. The van der Waals surface area contributed by atoms with Gasteiger partial charge in [-0.2, -0.15) is 0 Å². The Morgan fingerprint density at radius 1 is 1.11 bits per heavy atom. The SMILES string of the molecule is COC1(c2ccc(C(C)C)cc2)CCC(=O)CC1. The number of Topliss-reactive ketones (excluding diaryl/α,β-unsaturated/α-hetero) is 1. The molecular weight excluding hydrogens is 224 g/mol. The highest BCUT2D eigenvalue weighted by Crippen LogP contribution is 2.39. The third-order valence-corrected chi connectivity index (χ3v) is 4.11. The van der Waals surface area contributed by atoms with Crippen molar-refractivity contribution in [2.24, 2.45) is 0 Å². The zero-order valence-electron chi connectivity index (χ0n) is 11.5. The summed E-state index contributed by atoms with van der Waals surface area (Å²) in [4.78, 5) is 11.4. The highest BCUT2D eigenvalue weighted by Gasteiger charge is 2.36. The number of carbonyl (C=O) groups excluding carboxylic acids is 1. The molecule has 1 aliphatic rings. The van der Waals surface area contributed by atoms with E-state index < -0.39 is 0 Å². The van der Waals surface area contributed by atoms with Gasteiger partial charge in [-0.15, -0.1) is 0 Å². The van der Waals surface area contributed by atoms with Crippen LogP contribution in [0.1, 0.15) is 56.6 Å². The highest BCUT2D eigenvalue weighted by atomic mass is 16.5. The van der Waals surface area contributed by atoms with E-state index in [1.807, 2.05) is 0 Å². The van der Waals surface area contributed by atoms with Crippen molar-refractivity contribution in [3.8, 4) is 0 Å². The summed E-state index contributed by atoms with van der Waals surface area (Å²) in [6.45, 7) is 4.39. The van der Waals surface area contributed by atoms with Gasteiger partial charge >= 0.3 is 0 Å². The Morgan fingerprint density at radius 2 is 1.67 bits per heavy atom. The van der Waals surface area contributed by atoms with Gasteiger partial charge in [0.1, 0.15) is 5.78 Å². The standard InChI is InChI=1S/C16H22O2/c1-12(2)13-4-6-14(7-5-13)16(18-3)10-8-15(17)9-11-16/h4-7,12H,8-11H2,1-3H3. The molecule has 1 saturated carbocycles. The molecule has 1 aromatic rings. The topological polar surface area (TPSA) is 26.3 Å². The van der Waals surface area contributed by atoms with Crippen molar-refractivity contribution >= 4 is 5.78 Å². The molecule has 0 radical (unpaired) electrons. The molecule has 18 heavy (non-hydrogen) atoms. The van der Waals surface area contributed by atoms with E-state index in [9.17, 15) is 4.79 Å². The van der Waals surface area contributed by atoms with Crippen LogP contribution < -0.4 is 0 Å². The van der Waals surface area contributed by atoms with Crippen LogP contribution in [0.2, 0.25) is 0 Å². The predicted molar refractivity (Wildman–Crippen MR) is 72.7 cm³/mol. The maximum Gasteiger partial charge on any atom is 0.133 e. The summed E-state index contributed by atoms with van der Waals surface area (Å²) in [5.74, 6) is 0.909. The van der Waals surface area contributed by atoms with Gasteiger partial charge < -0.3 is 4.74 Å². The number of benzene rings is 1. The van der Waals surface area contributed by atoms with E-state index in [1.54, 1.807) is 7.11 Å². The minimum atomic E-state index is -0.247. The van der Waals surface area contributed by atoms with E-state index >= 15 is 0 Å². The lowest BCUT2D eigenvalue weighted by atomic mass is 9.78. The number of hydrogen-bond donors (Lipinski definition) is 0. The first-order chi connectivity index (χ1) is 8.57. The lowest BCUT2D eigenvalue weighted by Crippen LogP contribution is -2.33. The summed E-state index contributed by atoms with van der Waals surface area (Å²) >= 11 is 0. The number of ketones is 1. The number of methoxy groups -OCH3 is 1. The molecule has 0 aromatic heterocycles. The van der Waals surface area contributed by atoms with Crippen LogP contribution in [0.4, 0.5) is 0 Å². The van der Waals surface area contributed by atoms with Crippen LogP contribution in [0.25, 0.3) is 0 Å². The normalized spacial score (nSPS) is 19.2. The van der Waals surface area contributed by atoms with Gasteiger partial charge in [0, 0.05) is 20.0 Å². The van der Waals surface area contributed by atoms with Crippen molar-refractivity contribution < 1.29 is 9.53 Å². The summed E-state index contributed by atoms with van der Waals surface area (Å²) in [6, 6.07) is 8.68. The maximum atomic E-state index is 11.4. The predicted octanol–water partition coefficient (Wildman–Crippen LogP) is 3.79. The van der Waals surface area contributed by atoms with E-state index in [0.717, 1.165) is 12.8 Å². The van der Waals surface area contributed by atoms with Gasteiger partial charge in [-0.3, -0.25) is 4.79 Å². The molecule has 0 N–H and O–H groups in total. The molecule has 0 bridgehead atoms. The Kier molecular flexibility index (Phi) is 3.86. The van der Waals surface area contributed by atoms with Crippen molar-refractivity contribution in [2.45, 2.75) is 51.0 Å². The molecule has 2 heteroatoms. The minimum absolute atomic E-state index is 0.247. The van der Waals surface area contributed by atoms with E-state index in [-0.39, 0.29) is 5.60 Å². The second-order valence-corrected chi connectivity index (χ2v) is 5.51. The monoisotopic (exact) mass is 246 g/mol. The van der Waals surface area contributed by atoms with E-state index in [1.165, 1.54) is 11.1 Å². The van der Waals surface area contributed by atoms with Gasteiger partial charge in [0.25, 0.3) is 0 Å². The molecule has 0 aliphatic heterocycles. The van der Waals surface area contributed by atoms with Crippen LogP contribution in [0, 0.1) is 0 Å². The molecule has 0 saturated heterocycles. The van der Waals surface area contributed by atoms with Gasteiger partial charge in [-0.1, -0.05) is 38.1 Å². The van der Waals surface area contributed by atoms with Crippen LogP contribution in [-0.4, -0.2) is 12.9 Å². The Bertz CT molecular complexity index is 407. The zero-order valence-corrected chi connectivity index (χ0v) is 11.5. The van der Waals surface area contributed by atoms with Crippen LogP contribution in [0.5, 0.6) is 0 Å². The van der Waals surface area contributed by atoms with Gasteiger partial charge in [-0.25, -0.2) is 0 Å². The fraction of sp³-hybridized carbons (Fsp3) is 0.562. The summed E-state index contributed by atoms with van der Waals surface area (Å²) in [5.41, 5.74) is 2.31. The third kappa shape index (κ3) is 2.49. The van der Waals surface area contributed by atoms with Gasteiger partial charge in [0.05, 0.1) is 5.60 Å². The fourth-order valence-electron chi connectivity index (χ4n) is 2.72. The largest absolute Gasteiger partial charge is 0.374 e. The maximum absolute atomic E-state index is 11.4. The van der Waals surface area contributed by atoms with E-state index in [2.05, 4.69) is 38.1 Å². The van der Waals surface area contributed by atoms with Crippen molar-refractivity contribution in [1.29, 1.82) is 0 Å². The zero-order chi connectivity index (χ0) is 13.2. The van der Waals surface area contributed by atoms with Crippen molar-refractivity contribution in [2.75, 3.05) is 7.11 Å². The molecule has 0 heterocycles. The lowest BCUT2D eigenvalue weighted by Gasteiger charge is -2.36. The van der Waals surface area contributed by atoms with Gasteiger partial charge in [0.2, 0.25) is 0 Å². The fourth-order valence-corrected chi connectivity index (χ4v) is 2.72. The van der Waals surface area contributed by atoms with Gasteiger partial charge in [0.15, 0.2) is 0 Å². The van der Waals surface area contributed by atoms with Gasteiger partial charge in [-0.05, 0) is 29.9 Å². The smallest absolute Gasteiger partial charge is 0.133 e. The van der Waals surface area contributed by atoms with E-state index in [4.69, 9.17) is 4.74 Å².